The Morgan fingerprint density at radius 3 is 2.73 bits per heavy atom. The van der Waals surface area contributed by atoms with E-state index in [0.29, 0.717) is 0 Å². The molecular weight excluding hydrogens is 425 g/mol. The molecule has 2 heterocycles. The van der Waals surface area contributed by atoms with Crippen molar-refractivity contribution >= 4 is 13.5 Å². The van der Waals surface area contributed by atoms with Crippen molar-refractivity contribution in [1.29, 1.82) is 0 Å². The summed E-state index contributed by atoms with van der Waals surface area (Å²) in [7, 11) is -4.91. The van der Waals surface area contributed by atoms with Crippen molar-refractivity contribution in [2.45, 2.75) is 31.8 Å². The number of aryl methyl sites for hydroxylation is 1. The lowest BCUT2D eigenvalue weighted by Crippen LogP contribution is -2.33. The van der Waals surface area contributed by atoms with E-state index in [1.54, 1.807) is 0 Å². The molecule has 3 rings (SSSR count). The van der Waals surface area contributed by atoms with Crippen molar-refractivity contribution in [3.8, 4) is 5.75 Å². The highest BCUT2D eigenvalue weighted by Gasteiger charge is 2.41. The highest BCUT2D eigenvalue weighted by atomic mass is 31.2. The fourth-order valence-corrected chi connectivity index (χ4v) is 3.59. The molecule has 1 aromatic heterocycles. The van der Waals surface area contributed by atoms with Gasteiger partial charge in [0.05, 0.1) is 4.92 Å². The third kappa shape index (κ3) is 5.01. The summed E-state index contributed by atoms with van der Waals surface area (Å²) in [5.74, 6) is -0.0680. The van der Waals surface area contributed by atoms with Crippen LogP contribution in [0.5, 0.6) is 5.75 Å². The smallest absolute Gasteiger partial charge is 0.469 e. The quantitative estimate of drug-likeness (QED) is 0.311. The number of para-hydroxylation sites is 2. The number of hydrogen-bond donors (Lipinski definition) is 3. The van der Waals surface area contributed by atoms with Crippen LogP contribution in [0.3, 0.4) is 0 Å². The van der Waals surface area contributed by atoms with Crippen LogP contribution < -0.4 is 16.0 Å². The van der Waals surface area contributed by atoms with Crippen LogP contribution in [-0.4, -0.2) is 43.1 Å². The Morgan fingerprint density at radius 1 is 1.37 bits per heavy atom. The third-order valence-electron chi connectivity index (χ3n) is 4.37. The maximum absolute atomic E-state index is 12.1. The van der Waals surface area contributed by atoms with Gasteiger partial charge in [0.1, 0.15) is 25.0 Å². The Labute approximate surface area is 168 Å². The monoisotopic (exact) mass is 443 g/mol. The number of hydrogen-bond acceptors (Lipinski definition) is 8. The summed E-state index contributed by atoms with van der Waals surface area (Å²) in [6.07, 6.45) is -2.14. The van der Waals surface area contributed by atoms with Gasteiger partial charge in [0.2, 0.25) is 0 Å². The van der Waals surface area contributed by atoms with Crippen molar-refractivity contribution in [3.05, 3.63) is 67.0 Å². The largest absolute Gasteiger partial charge is 0.484 e. The predicted octanol–water partition coefficient (Wildman–Crippen LogP) is 0.598. The van der Waals surface area contributed by atoms with Crippen molar-refractivity contribution in [2.75, 3.05) is 6.61 Å². The summed E-state index contributed by atoms with van der Waals surface area (Å²) in [6.45, 7) is 1.13. The summed E-state index contributed by atoms with van der Waals surface area (Å²) in [4.78, 5) is 54.6. The second-order valence-corrected chi connectivity index (χ2v) is 7.71. The van der Waals surface area contributed by atoms with E-state index in [4.69, 9.17) is 14.0 Å². The highest BCUT2D eigenvalue weighted by molar-refractivity contribution is 7.46. The SMILES string of the molecule is Cc1cn([C@H]2C[C@H](OP(=O)(O)O)[C@@H](COc3ccccc3[N+](=O)[O-])O2)c(=O)[nH]c1=O. The Hall–Kier alpha value is -2.83. The summed E-state index contributed by atoms with van der Waals surface area (Å²) < 4.78 is 28.3. The first kappa shape index (κ1) is 21.9. The standard InChI is InChI=1S/C16H18N3O10P/c1-9-7-18(16(21)17-15(9)20)14-6-12(29-30(24,25)26)13(28-14)8-27-11-5-3-2-4-10(11)19(22)23/h2-5,7,12-14H,6,8H2,1H3,(H,17,20,21)(H2,24,25,26)/t12-,13+,14+/m0/s1. The molecule has 1 aromatic carbocycles. The van der Waals surface area contributed by atoms with Crippen LogP contribution in [0.4, 0.5) is 5.69 Å². The van der Waals surface area contributed by atoms with Gasteiger partial charge in [-0.2, -0.15) is 0 Å². The molecule has 0 spiro atoms. The average Bonchev–Trinajstić information content (AvgIpc) is 3.03. The van der Waals surface area contributed by atoms with Crippen LogP contribution in [0, 0.1) is 17.0 Å². The van der Waals surface area contributed by atoms with Crippen molar-refractivity contribution in [3.63, 3.8) is 0 Å². The van der Waals surface area contributed by atoms with E-state index < -0.39 is 42.4 Å². The zero-order valence-electron chi connectivity index (χ0n) is 15.5. The number of nitrogens with zero attached hydrogens (tertiary/aromatic N) is 2. The molecular formula is C16H18N3O10P. The molecule has 0 saturated carbocycles. The number of phosphoric ester groups is 1. The fourth-order valence-electron chi connectivity index (χ4n) is 3.01. The first-order valence-electron chi connectivity index (χ1n) is 8.63. The van der Waals surface area contributed by atoms with Gasteiger partial charge >= 0.3 is 19.2 Å². The number of H-pyrrole nitrogens is 1. The minimum absolute atomic E-state index is 0.0680. The predicted molar refractivity (Wildman–Crippen MR) is 100 cm³/mol. The number of phosphoric acid groups is 1. The number of nitro groups is 1. The van der Waals surface area contributed by atoms with E-state index in [1.165, 1.54) is 37.4 Å². The van der Waals surface area contributed by atoms with Crippen molar-refractivity contribution in [1.82, 2.24) is 9.55 Å². The number of aromatic nitrogens is 2. The number of benzene rings is 1. The van der Waals surface area contributed by atoms with Gasteiger partial charge in [0.15, 0.2) is 5.75 Å². The molecule has 0 unspecified atom stereocenters. The van der Waals surface area contributed by atoms with Crippen LogP contribution in [0.2, 0.25) is 0 Å². The molecule has 1 saturated heterocycles. The molecule has 1 aliphatic heterocycles. The maximum atomic E-state index is 12.1. The molecule has 14 heteroatoms. The molecule has 1 aliphatic rings. The molecule has 3 atom stereocenters. The molecule has 3 N–H and O–H groups in total. The normalized spacial score (nSPS) is 21.5. The fraction of sp³-hybridized carbons (Fsp3) is 0.375. The minimum atomic E-state index is -4.91. The van der Waals surface area contributed by atoms with Crippen molar-refractivity contribution in [2.24, 2.45) is 0 Å². The van der Waals surface area contributed by atoms with Crippen LogP contribution in [0.25, 0.3) is 0 Å². The number of nitro benzene ring substituents is 1. The van der Waals surface area contributed by atoms with E-state index in [2.05, 4.69) is 4.98 Å². The second-order valence-electron chi connectivity index (χ2n) is 6.51. The van der Waals surface area contributed by atoms with Gasteiger partial charge < -0.3 is 19.3 Å². The lowest BCUT2D eigenvalue weighted by molar-refractivity contribution is -0.386. The Bertz CT molecular complexity index is 1110. The third-order valence-corrected chi connectivity index (χ3v) is 4.92. The van der Waals surface area contributed by atoms with E-state index in [1.807, 2.05) is 0 Å². The van der Waals surface area contributed by atoms with Gasteiger partial charge in [-0.1, -0.05) is 12.1 Å². The molecule has 162 valence electrons. The van der Waals surface area contributed by atoms with Gasteiger partial charge in [-0.15, -0.1) is 0 Å². The van der Waals surface area contributed by atoms with Crippen molar-refractivity contribution < 1.29 is 33.3 Å². The highest BCUT2D eigenvalue weighted by Crippen LogP contribution is 2.43. The average molecular weight is 443 g/mol. The summed E-state index contributed by atoms with van der Waals surface area (Å²) in [5.41, 5.74) is -1.42. The minimum Gasteiger partial charge on any atom is -0.484 e. The summed E-state index contributed by atoms with van der Waals surface area (Å²) in [5, 5.41) is 11.1. The maximum Gasteiger partial charge on any atom is 0.469 e. The topological polar surface area (TPSA) is 183 Å². The Kier molecular flexibility index (Phi) is 6.19. The Morgan fingerprint density at radius 2 is 2.07 bits per heavy atom. The molecule has 0 aliphatic carbocycles. The van der Waals surface area contributed by atoms with Crippen LogP contribution in [0.1, 0.15) is 18.2 Å². The van der Waals surface area contributed by atoms with Gasteiger partial charge in [0.25, 0.3) is 5.56 Å². The molecule has 0 radical (unpaired) electrons. The van der Waals surface area contributed by atoms with E-state index in [-0.39, 0.29) is 30.0 Å². The second kappa shape index (κ2) is 8.50. The number of aromatic amines is 1. The Balaban J connectivity index is 1.84. The van der Waals surface area contributed by atoms with Crippen LogP contribution in [-0.2, 0) is 13.8 Å². The van der Waals surface area contributed by atoms with E-state index in [9.17, 15) is 34.1 Å². The van der Waals surface area contributed by atoms with E-state index >= 15 is 0 Å². The molecule has 13 nitrogen and oxygen atoms in total. The first-order chi connectivity index (χ1) is 14.0. The first-order valence-corrected chi connectivity index (χ1v) is 10.2. The number of nitrogens with one attached hydrogen (secondary N) is 1. The van der Waals surface area contributed by atoms with Crippen LogP contribution >= 0.6 is 7.82 Å². The number of ether oxygens (including phenoxy) is 2. The summed E-state index contributed by atoms with van der Waals surface area (Å²) >= 11 is 0. The molecule has 0 bridgehead atoms. The van der Waals surface area contributed by atoms with Gasteiger partial charge in [0, 0.05) is 24.2 Å². The molecule has 2 aromatic rings. The van der Waals surface area contributed by atoms with Gasteiger partial charge in [-0.25, -0.2) is 9.36 Å². The molecule has 30 heavy (non-hydrogen) atoms. The molecule has 0 amide bonds. The zero-order chi connectivity index (χ0) is 22.1. The van der Waals surface area contributed by atoms with Gasteiger partial charge in [-0.05, 0) is 13.0 Å². The number of rotatable bonds is 7. The lowest BCUT2D eigenvalue weighted by Gasteiger charge is -2.19. The van der Waals surface area contributed by atoms with Crippen LogP contribution in [0.15, 0.2) is 40.1 Å². The lowest BCUT2D eigenvalue weighted by atomic mass is 10.2. The zero-order valence-corrected chi connectivity index (χ0v) is 16.4. The molecule has 1 fully saturated rings. The summed E-state index contributed by atoms with van der Waals surface area (Å²) in [6, 6.07) is 5.57. The van der Waals surface area contributed by atoms with E-state index in [0.717, 1.165) is 4.57 Å². The van der Waals surface area contributed by atoms with Gasteiger partial charge in [-0.3, -0.25) is 29.0 Å².